The number of carbonyl (C=O) groups is 2. The maximum atomic E-state index is 13.6. The minimum absolute atomic E-state index is 0.0366. The van der Waals surface area contributed by atoms with Crippen molar-refractivity contribution in [1.29, 1.82) is 0 Å². The van der Waals surface area contributed by atoms with Crippen LogP contribution in [-0.2, 0) is 30.6 Å². The van der Waals surface area contributed by atoms with Crippen LogP contribution in [0.5, 0.6) is 5.75 Å². The second kappa shape index (κ2) is 10.9. The Morgan fingerprint density at radius 1 is 1.22 bits per heavy atom. The molecule has 1 unspecified atom stereocenters. The van der Waals surface area contributed by atoms with Crippen molar-refractivity contribution in [3.63, 3.8) is 0 Å². The van der Waals surface area contributed by atoms with E-state index in [1.165, 1.54) is 36.4 Å². The van der Waals surface area contributed by atoms with Crippen LogP contribution in [0.25, 0.3) is 0 Å². The fourth-order valence-corrected chi connectivity index (χ4v) is 5.88. The van der Waals surface area contributed by atoms with Crippen molar-refractivity contribution in [1.82, 2.24) is 4.98 Å². The van der Waals surface area contributed by atoms with Crippen molar-refractivity contribution in [2.75, 3.05) is 11.9 Å². The van der Waals surface area contributed by atoms with E-state index in [4.69, 9.17) is 21.1 Å². The predicted molar refractivity (Wildman–Crippen MR) is 133 cm³/mol. The molecule has 12 heteroatoms. The van der Waals surface area contributed by atoms with Gasteiger partial charge in [-0.05, 0) is 44.0 Å². The summed E-state index contributed by atoms with van der Waals surface area (Å²) in [6.07, 6.45) is -0.00229. The highest BCUT2D eigenvalue weighted by atomic mass is 35.5. The summed E-state index contributed by atoms with van der Waals surface area (Å²) in [6, 6.07) is 9.55. The molecule has 1 heterocycles. The molecule has 190 valence electrons. The van der Waals surface area contributed by atoms with Crippen LogP contribution < -0.4 is 10.1 Å². The number of hydrogen-bond acceptors (Lipinski definition) is 8. The SMILES string of the molecule is CCOC(=O)Cc1csc(NC(=O)C(Oc2ccc(F)c(Cl)c2)c2ccc(S(=O)(=O)C3CC3)cc2)n1. The fraction of sp³-hybridized carbons (Fsp3) is 0.292. The number of ether oxygens (including phenoxy) is 2. The van der Waals surface area contributed by atoms with Crippen LogP contribution in [0.4, 0.5) is 9.52 Å². The van der Waals surface area contributed by atoms with Crippen LogP contribution in [0.15, 0.2) is 52.7 Å². The summed E-state index contributed by atoms with van der Waals surface area (Å²) in [6.45, 7) is 1.95. The number of anilines is 1. The number of sulfone groups is 1. The van der Waals surface area contributed by atoms with Crippen molar-refractivity contribution in [2.45, 2.75) is 42.4 Å². The molecular weight excluding hydrogens is 531 g/mol. The minimum Gasteiger partial charge on any atom is -0.476 e. The molecule has 0 spiro atoms. The molecule has 0 radical (unpaired) electrons. The van der Waals surface area contributed by atoms with Crippen LogP contribution in [0.2, 0.25) is 5.02 Å². The summed E-state index contributed by atoms with van der Waals surface area (Å²) in [5.41, 5.74) is 0.803. The first-order valence-electron chi connectivity index (χ1n) is 11.0. The van der Waals surface area contributed by atoms with Gasteiger partial charge in [0.2, 0.25) is 6.10 Å². The number of halogens is 2. The van der Waals surface area contributed by atoms with Gasteiger partial charge < -0.3 is 9.47 Å². The van der Waals surface area contributed by atoms with E-state index in [2.05, 4.69) is 10.3 Å². The molecule has 1 N–H and O–H groups in total. The summed E-state index contributed by atoms with van der Waals surface area (Å²) < 4.78 is 49.4. The maximum Gasteiger partial charge on any atom is 0.311 e. The monoisotopic (exact) mass is 552 g/mol. The van der Waals surface area contributed by atoms with Crippen LogP contribution in [0, 0.1) is 5.82 Å². The largest absolute Gasteiger partial charge is 0.476 e. The summed E-state index contributed by atoms with van der Waals surface area (Å²) in [5.74, 6) is -1.54. The lowest BCUT2D eigenvalue weighted by Crippen LogP contribution is -2.26. The van der Waals surface area contributed by atoms with Crippen molar-refractivity contribution in [2.24, 2.45) is 0 Å². The Bertz CT molecular complexity index is 1370. The third-order valence-corrected chi connectivity index (χ3v) is 8.64. The molecule has 0 bridgehead atoms. The smallest absolute Gasteiger partial charge is 0.311 e. The van der Waals surface area contributed by atoms with Crippen molar-refractivity contribution in [3.8, 4) is 5.75 Å². The number of nitrogens with zero attached hydrogens (tertiary/aromatic N) is 1. The molecule has 1 fully saturated rings. The Balaban J connectivity index is 1.57. The van der Waals surface area contributed by atoms with E-state index >= 15 is 0 Å². The molecule has 4 rings (SSSR count). The number of esters is 1. The van der Waals surface area contributed by atoms with Crippen molar-refractivity contribution >= 4 is 49.8 Å². The van der Waals surface area contributed by atoms with Gasteiger partial charge in [0.1, 0.15) is 11.6 Å². The normalized spacial score (nSPS) is 14.2. The highest BCUT2D eigenvalue weighted by Crippen LogP contribution is 2.34. The molecular formula is C24H22ClFN2O6S2. The van der Waals surface area contributed by atoms with Crippen LogP contribution in [0.1, 0.15) is 37.1 Å². The Kier molecular flexibility index (Phi) is 7.91. The number of amides is 1. The molecule has 8 nitrogen and oxygen atoms in total. The zero-order chi connectivity index (χ0) is 25.9. The molecule has 3 aromatic rings. The van der Waals surface area contributed by atoms with Crippen LogP contribution in [0.3, 0.4) is 0 Å². The van der Waals surface area contributed by atoms with Gasteiger partial charge in [-0.15, -0.1) is 11.3 Å². The highest BCUT2D eigenvalue weighted by molar-refractivity contribution is 7.92. The summed E-state index contributed by atoms with van der Waals surface area (Å²) >= 11 is 6.98. The van der Waals surface area contributed by atoms with Crippen molar-refractivity contribution < 1.29 is 31.9 Å². The van der Waals surface area contributed by atoms with E-state index in [1.807, 2.05) is 0 Å². The average molecular weight is 553 g/mol. The summed E-state index contributed by atoms with van der Waals surface area (Å²) in [4.78, 5) is 29.3. The number of hydrogen-bond donors (Lipinski definition) is 1. The number of carbonyl (C=O) groups excluding carboxylic acids is 2. The maximum absolute atomic E-state index is 13.6. The van der Waals surface area contributed by atoms with Gasteiger partial charge in [0, 0.05) is 17.0 Å². The van der Waals surface area contributed by atoms with Gasteiger partial charge in [-0.1, -0.05) is 23.7 Å². The molecule has 1 aliphatic carbocycles. The molecule has 1 aliphatic rings. The zero-order valence-electron chi connectivity index (χ0n) is 19.1. The molecule has 1 aromatic heterocycles. The zero-order valence-corrected chi connectivity index (χ0v) is 21.5. The average Bonchev–Trinajstić information content (AvgIpc) is 3.62. The topological polar surface area (TPSA) is 112 Å². The number of nitrogens with one attached hydrogen (secondary N) is 1. The number of benzene rings is 2. The lowest BCUT2D eigenvalue weighted by atomic mass is 10.1. The summed E-state index contributed by atoms with van der Waals surface area (Å²) in [7, 11) is -3.40. The van der Waals surface area contributed by atoms with Gasteiger partial charge in [0.05, 0.1) is 33.9 Å². The third kappa shape index (κ3) is 6.21. The summed E-state index contributed by atoms with van der Waals surface area (Å²) in [5, 5.41) is 3.96. The Labute approximate surface area is 216 Å². The molecule has 36 heavy (non-hydrogen) atoms. The Morgan fingerprint density at radius 2 is 1.94 bits per heavy atom. The van der Waals surface area contributed by atoms with Gasteiger partial charge in [-0.2, -0.15) is 0 Å². The first-order valence-corrected chi connectivity index (χ1v) is 13.8. The lowest BCUT2D eigenvalue weighted by Gasteiger charge is -2.19. The third-order valence-electron chi connectivity index (χ3n) is 5.27. The van der Waals surface area contributed by atoms with Crippen molar-refractivity contribution in [3.05, 3.63) is 69.9 Å². The second-order valence-electron chi connectivity index (χ2n) is 8.00. The van der Waals surface area contributed by atoms with E-state index in [0.29, 0.717) is 24.1 Å². The second-order valence-corrected chi connectivity index (χ2v) is 11.5. The van der Waals surface area contributed by atoms with E-state index in [9.17, 15) is 22.4 Å². The van der Waals surface area contributed by atoms with Gasteiger partial charge in [-0.3, -0.25) is 14.9 Å². The first kappa shape index (κ1) is 26.1. The standard InChI is InChI=1S/C24H22ClFN2O6S2/c1-2-33-21(29)11-15-13-35-24(27-15)28-23(30)22(34-16-5-10-20(26)19(25)12-16)14-3-6-17(7-4-14)36(31,32)18-8-9-18/h3-7,10,12-13,18,22H,2,8-9,11H2,1H3,(H,27,28,30). The molecule has 0 aliphatic heterocycles. The number of aromatic nitrogens is 1. The van der Waals surface area contributed by atoms with Crippen LogP contribution in [-0.4, -0.2) is 37.1 Å². The Morgan fingerprint density at radius 3 is 2.58 bits per heavy atom. The minimum atomic E-state index is -3.40. The quantitative estimate of drug-likeness (QED) is 0.362. The van der Waals surface area contributed by atoms with E-state index < -0.39 is 33.6 Å². The van der Waals surface area contributed by atoms with Gasteiger partial charge in [-0.25, -0.2) is 17.8 Å². The first-order chi connectivity index (χ1) is 17.2. The predicted octanol–water partition coefficient (Wildman–Crippen LogP) is 4.74. The van der Waals surface area contributed by atoms with E-state index in [-0.39, 0.29) is 39.1 Å². The van der Waals surface area contributed by atoms with E-state index in [1.54, 1.807) is 12.3 Å². The highest BCUT2D eigenvalue weighted by Gasteiger charge is 2.37. The Hall–Kier alpha value is -3.02. The van der Waals surface area contributed by atoms with Crippen LogP contribution >= 0.6 is 22.9 Å². The molecule has 1 saturated carbocycles. The molecule has 1 atom stereocenters. The van der Waals surface area contributed by atoms with Gasteiger partial charge >= 0.3 is 5.97 Å². The fourth-order valence-electron chi connectivity index (χ4n) is 3.34. The molecule has 0 saturated heterocycles. The van der Waals surface area contributed by atoms with E-state index in [0.717, 1.165) is 17.4 Å². The lowest BCUT2D eigenvalue weighted by molar-refractivity contribution is -0.142. The molecule has 2 aromatic carbocycles. The number of rotatable bonds is 10. The van der Waals surface area contributed by atoms with Gasteiger partial charge in [0.15, 0.2) is 15.0 Å². The van der Waals surface area contributed by atoms with Gasteiger partial charge in [0.25, 0.3) is 5.91 Å². The molecule has 1 amide bonds. The number of thiazole rings is 1.